The van der Waals surface area contributed by atoms with E-state index >= 15 is 0 Å². The molecule has 1 unspecified atom stereocenters. The second kappa shape index (κ2) is 7.41. The van der Waals surface area contributed by atoms with Crippen molar-refractivity contribution in [2.45, 2.75) is 62.9 Å². The summed E-state index contributed by atoms with van der Waals surface area (Å²) in [7, 11) is -5.58. The third-order valence-corrected chi connectivity index (χ3v) is 12.4. The Morgan fingerprint density at radius 2 is 1.57 bits per heavy atom. The van der Waals surface area contributed by atoms with Crippen molar-refractivity contribution in [3.8, 4) is 0 Å². The Kier molecular flexibility index (Phi) is 5.62. The molecular weight excluding hydrogens is 386 g/mol. The molecule has 1 heterocycles. The molecule has 0 aromatic heterocycles. The second-order valence-electron chi connectivity index (χ2n) is 9.16. The van der Waals surface area contributed by atoms with Crippen LogP contribution in [0, 0.1) is 6.92 Å². The first-order valence-electron chi connectivity index (χ1n) is 9.75. The van der Waals surface area contributed by atoms with Crippen molar-refractivity contribution in [3.63, 3.8) is 0 Å². The maximum atomic E-state index is 13.3. The van der Waals surface area contributed by atoms with Gasteiger partial charge in [-0.15, -0.1) is 0 Å². The number of rotatable bonds is 5. The highest BCUT2D eigenvalue weighted by Crippen LogP contribution is 2.45. The van der Waals surface area contributed by atoms with Crippen molar-refractivity contribution in [2.24, 2.45) is 0 Å². The van der Waals surface area contributed by atoms with Gasteiger partial charge in [-0.3, -0.25) is 0 Å². The lowest BCUT2D eigenvalue weighted by Crippen LogP contribution is -2.60. The highest BCUT2D eigenvalue weighted by atomic mass is 32.2. The number of nitrogens with zero attached hydrogens (tertiary/aromatic N) is 1. The molecule has 152 valence electrons. The van der Waals surface area contributed by atoms with E-state index in [1.54, 1.807) is 16.4 Å². The van der Waals surface area contributed by atoms with Crippen LogP contribution in [0.1, 0.15) is 37.9 Å². The zero-order chi connectivity index (χ0) is 20.7. The van der Waals surface area contributed by atoms with Crippen LogP contribution in [0.25, 0.3) is 0 Å². The Balaban J connectivity index is 1.94. The van der Waals surface area contributed by atoms with Crippen molar-refractivity contribution < 1.29 is 12.8 Å². The molecule has 28 heavy (non-hydrogen) atoms. The van der Waals surface area contributed by atoms with Gasteiger partial charge in [0.05, 0.1) is 17.0 Å². The fourth-order valence-corrected chi connectivity index (χ4v) is 6.18. The van der Waals surface area contributed by atoms with Crippen LogP contribution in [-0.4, -0.2) is 33.7 Å². The molecule has 1 aliphatic heterocycles. The van der Waals surface area contributed by atoms with Crippen molar-refractivity contribution in [1.29, 1.82) is 0 Å². The lowest BCUT2D eigenvalue weighted by atomic mass is 9.95. The number of hydrogen-bond acceptors (Lipinski definition) is 3. The molecule has 2 atom stereocenters. The minimum absolute atomic E-state index is 0.0739. The molecule has 0 N–H and O–H groups in total. The van der Waals surface area contributed by atoms with E-state index in [0.717, 1.165) is 11.1 Å². The van der Waals surface area contributed by atoms with Crippen LogP contribution in [0.2, 0.25) is 18.1 Å². The van der Waals surface area contributed by atoms with Gasteiger partial charge in [-0.25, -0.2) is 8.42 Å². The number of aryl methyl sites for hydroxylation is 1. The van der Waals surface area contributed by atoms with Gasteiger partial charge in [0.2, 0.25) is 10.0 Å². The van der Waals surface area contributed by atoms with E-state index in [1.807, 2.05) is 49.4 Å². The minimum Gasteiger partial charge on any atom is -0.411 e. The van der Waals surface area contributed by atoms with Crippen LogP contribution in [-0.2, 0) is 14.4 Å². The Labute approximate surface area is 170 Å². The van der Waals surface area contributed by atoms with Crippen LogP contribution in [0.4, 0.5) is 0 Å². The van der Waals surface area contributed by atoms with Crippen molar-refractivity contribution in [1.82, 2.24) is 4.31 Å². The summed E-state index contributed by atoms with van der Waals surface area (Å²) in [5, 5.41) is 0.0739. The molecule has 0 aliphatic carbocycles. The Hall–Kier alpha value is -1.47. The average Bonchev–Trinajstić information content (AvgIpc) is 2.58. The van der Waals surface area contributed by atoms with Crippen LogP contribution in [0.3, 0.4) is 0 Å². The summed E-state index contributed by atoms with van der Waals surface area (Å²) < 4.78 is 34.8. The molecule has 6 heteroatoms. The Morgan fingerprint density at radius 3 is 2.11 bits per heavy atom. The van der Waals surface area contributed by atoms with Gasteiger partial charge in [0.1, 0.15) is 0 Å². The number of sulfonamides is 1. The number of benzene rings is 2. The highest BCUT2D eigenvalue weighted by Gasteiger charge is 2.51. The maximum absolute atomic E-state index is 13.3. The van der Waals surface area contributed by atoms with Crippen molar-refractivity contribution in [3.05, 3.63) is 65.7 Å². The van der Waals surface area contributed by atoms with E-state index in [2.05, 4.69) is 33.9 Å². The summed E-state index contributed by atoms with van der Waals surface area (Å²) in [5.41, 5.74) is 2.02. The molecule has 1 fully saturated rings. The molecule has 4 nitrogen and oxygen atoms in total. The zero-order valence-electron chi connectivity index (χ0n) is 17.6. The SMILES string of the molecule is Cc1ccc(S(=O)(=O)N2CC(O[Si](C)(C)C(C)(C)C)[C@H]2c2ccccc2)cc1. The van der Waals surface area contributed by atoms with Gasteiger partial charge < -0.3 is 4.43 Å². The summed E-state index contributed by atoms with van der Waals surface area (Å²) in [6.07, 6.45) is -0.122. The van der Waals surface area contributed by atoms with Gasteiger partial charge in [-0.1, -0.05) is 68.8 Å². The smallest absolute Gasteiger partial charge is 0.243 e. The summed E-state index contributed by atoms with van der Waals surface area (Å²) >= 11 is 0. The molecular formula is C22H31NO3SSi. The van der Waals surface area contributed by atoms with Crippen LogP contribution in [0.5, 0.6) is 0 Å². The topological polar surface area (TPSA) is 46.6 Å². The van der Waals surface area contributed by atoms with Gasteiger partial charge in [-0.2, -0.15) is 4.31 Å². The van der Waals surface area contributed by atoms with Gasteiger partial charge in [0.15, 0.2) is 8.32 Å². The van der Waals surface area contributed by atoms with Crippen molar-refractivity contribution >= 4 is 18.3 Å². The predicted molar refractivity (Wildman–Crippen MR) is 116 cm³/mol. The van der Waals surface area contributed by atoms with Crippen molar-refractivity contribution in [2.75, 3.05) is 6.54 Å². The molecule has 1 saturated heterocycles. The third-order valence-electron chi connectivity index (χ3n) is 6.04. The molecule has 0 spiro atoms. The first-order valence-corrected chi connectivity index (χ1v) is 14.1. The van der Waals surface area contributed by atoms with E-state index in [0.29, 0.717) is 11.4 Å². The lowest BCUT2D eigenvalue weighted by molar-refractivity contribution is 0.000113. The normalized spacial score (nSPS) is 21.4. The maximum Gasteiger partial charge on any atom is 0.243 e. The van der Waals surface area contributed by atoms with Crippen LogP contribution in [0.15, 0.2) is 59.5 Å². The quantitative estimate of drug-likeness (QED) is 0.634. The van der Waals surface area contributed by atoms with E-state index in [-0.39, 0.29) is 17.2 Å². The standard InChI is InChI=1S/C22H31NO3SSi/c1-17-12-14-19(15-13-17)27(24,25)23-16-20(26-28(5,6)22(2,3)4)21(23)18-10-8-7-9-11-18/h7-15,20-21H,16H2,1-6H3/t20?,21-/m1/s1. The van der Waals surface area contributed by atoms with Crippen LogP contribution >= 0.6 is 0 Å². The highest BCUT2D eigenvalue weighted by molar-refractivity contribution is 7.89. The largest absolute Gasteiger partial charge is 0.411 e. The molecule has 2 aromatic carbocycles. The molecule has 0 saturated carbocycles. The molecule has 2 aromatic rings. The van der Waals surface area contributed by atoms with E-state index in [4.69, 9.17) is 4.43 Å². The molecule has 0 bridgehead atoms. The summed E-state index contributed by atoms with van der Waals surface area (Å²) in [5.74, 6) is 0. The Morgan fingerprint density at radius 1 is 1.00 bits per heavy atom. The average molecular weight is 418 g/mol. The molecule has 3 rings (SSSR count). The second-order valence-corrected chi connectivity index (χ2v) is 15.8. The first-order chi connectivity index (χ1) is 12.9. The van der Waals surface area contributed by atoms with Gasteiger partial charge in [0, 0.05) is 6.54 Å². The van der Waals surface area contributed by atoms with Gasteiger partial charge in [-0.05, 0) is 42.8 Å². The van der Waals surface area contributed by atoms with Crippen LogP contribution < -0.4 is 0 Å². The van der Waals surface area contributed by atoms with Gasteiger partial charge in [0.25, 0.3) is 0 Å². The fraction of sp³-hybridized carbons (Fsp3) is 0.455. The molecule has 1 aliphatic rings. The minimum atomic E-state index is -3.57. The van der Waals surface area contributed by atoms with E-state index in [1.165, 1.54) is 0 Å². The Bertz CT molecular complexity index is 919. The summed E-state index contributed by atoms with van der Waals surface area (Å²) in [6, 6.07) is 16.6. The van der Waals surface area contributed by atoms with Gasteiger partial charge >= 0.3 is 0 Å². The molecule has 0 radical (unpaired) electrons. The lowest BCUT2D eigenvalue weighted by Gasteiger charge is -2.51. The summed E-state index contributed by atoms with van der Waals surface area (Å²) in [4.78, 5) is 0.338. The first kappa shape index (κ1) is 21.2. The third kappa shape index (κ3) is 3.96. The summed E-state index contributed by atoms with van der Waals surface area (Å²) in [6.45, 7) is 13.4. The predicted octanol–water partition coefficient (Wildman–Crippen LogP) is 5.13. The monoisotopic (exact) mass is 417 g/mol. The van der Waals surface area contributed by atoms with E-state index < -0.39 is 18.3 Å². The number of hydrogen-bond donors (Lipinski definition) is 0. The zero-order valence-corrected chi connectivity index (χ0v) is 19.5. The van der Waals surface area contributed by atoms with E-state index in [9.17, 15) is 8.42 Å². The fourth-order valence-electron chi connectivity index (χ4n) is 3.22. The molecule has 0 amide bonds.